The van der Waals surface area contributed by atoms with Gasteiger partial charge in [0.05, 0.1) is 4.92 Å². The number of amides is 2. The van der Waals surface area contributed by atoms with Gasteiger partial charge in [0.2, 0.25) is 17.6 Å². The molecule has 1 aromatic rings. The Morgan fingerprint density at radius 3 is 2.44 bits per heavy atom. The summed E-state index contributed by atoms with van der Waals surface area (Å²) < 4.78 is 0. The molecule has 0 unspecified atom stereocenters. The van der Waals surface area contributed by atoms with E-state index in [-0.39, 0.29) is 53.8 Å². The van der Waals surface area contributed by atoms with Crippen LogP contribution >= 0.6 is 0 Å². The van der Waals surface area contributed by atoms with Crippen LogP contribution in [0.5, 0.6) is 0 Å². The van der Waals surface area contributed by atoms with Crippen molar-refractivity contribution in [1.29, 1.82) is 5.26 Å². The van der Waals surface area contributed by atoms with Gasteiger partial charge in [-0.05, 0) is 31.7 Å². The van der Waals surface area contributed by atoms with Crippen LogP contribution in [0.15, 0.2) is 12.3 Å². The number of pyridine rings is 1. The van der Waals surface area contributed by atoms with E-state index in [4.69, 9.17) is 5.26 Å². The number of carbonyl (C=O) groups excluding carboxylic acids is 2. The number of nitriles is 1. The molecule has 9 nitrogen and oxygen atoms in total. The number of aromatic nitrogens is 1. The number of nitrogens with zero attached hydrogens (tertiary/aromatic N) is 4. The largest absolute Gasteiger partial charge is 0.362 e. The van der Waals surface area contributed by atoms with Crippen molar-refractivity contribution in [2.24, 2.45) is 0 Å². The van der Waals surface area contributed by atoms with Crippen molar-refractivity contribution in [2.75, 3.05) is 5.32 Å². The predicted octanol–water partition coefficient (Wildman–Crippen LogP) is 1.73. The molecular weight excluding hydrogens is 326 g/mol. The van der Waals surface area contributed by atoms with Gasteiger partial charge < -0.3 is 5.32 Å². The van der Waals surface area contributed by atoms with E-state index in [0.717, 1.165) is 0 Å². The maximum absolute atomic E-state index is 11.8. The zero-order valence-electron chi connectivity index (χ0n) is 13.5. The molecule has 2 amide bonds. The number of likely N-dealkylation sites (tertiary alicyclic amines) is 1. The quantitative estimate of drug-likeness (QED) is 0.500. The van der Waals surface area contributed by atoms with Crippen LogP contribution in [0, 0.1) is 21.4 Å². The van der Waals surface area contributed by atoms with Crippen LogP contribution in [-0.4, -0.2) is 38.7 Å². The van der Waals surface area contributed by atoms with Crippen LogP contribution in [0.1, 0.15) is 44.1 Å². The third-order valence-electron chi connectivity index (χ3n) is 4.72. The third-order valence-corrected chi connectivity index (χ3v) is 4.72. The highest BCUT2D eigenvalue weighted by molar-refractivity contribution is 6.02. The molecule has 1 N–H and O–H groups in total. The van der Waals surface area contributed by atoms with Crippen molar-refractivity contribution < 1.29 is 14.5 Å². The number of carbonyl (C=O) groups is 2. The zero-order valence-corrected chi connectivity index (χ0v) is 13.5. The maximum atomic E-state index is 11.8. The van der Waals surface area contributed by atoms with Crippen molar-refractivity contribution in [3.05, 3.63) is 27.9 Å². The molecule has 1 saturated heterocycles. The third kappa shape index (κ3) is 3.28. The number of hydrogen-bond acceptors (Lipinski definition) is 7. The topological polar surface area (TPSA) is 129 Å². The first-order valence-electron chi connectivity index (χ1n) is 8.16. The number of nitro groups is 1. The van der Waals surface area contributed by atoms with Crippen molar-refractivity contribution in [3.8, 4) is 6.07 Å². The molecule has 2 aliphatic rings. The normalized spacial score (nSPS) is 23.4. The summed E-state index contributed by atoms with van der Waals surface area (Å²) in [4.78, 5) is 39.6. The summed E-state index contributed by atoms with van der Waals surface area (Å²) in [6.45, 7) is 0. The maximum Gasteiger partial charge on any atom is 0.328 e. The molecule has 2 fully saturated rings. The van der Waals surface area contributed by atoms with E-state index < -0.39 is 4.92 Å². The van der Waals surface area contributed by atoms with Gasteiger partial charge >= 0.3 is 5.69 Å². The summed E-state index contributed by atoms with van der Waals surface area (Å²) in [5.41, 5.74) is -0.360. The smallest absolute Gasteiger partial charge is 0.328 e. The highest BCUT2D eigenvalue weighted by Crippen LogP contribution is 2.31. The number of rotatable bonds is 4. The summed E-state index contributed by atoms with van der Waals surface area (Å²) in [6, 6.07) is 2.97. The van der Waals surface area contributed by atoms with Gasteiger partial charge in [0, 0.05) is 31.1 Å². The van der Waals surface area contributed by atoms with Crippen LogP contribution < -0.4 is 5.32 Å². The minimum absolute atomic E-state index is 0.0375. The Morgan fingerprint density at radius 1 is 1.24 bits per heavy atom. The van der Waals surface area contributed by atoms with E-state index in [2.05, 4.69) is 10.3 Å². The lowest BCUT2D eigenvalue weighted by molar-refractivity contribution is -0.384. The monoisotopic (exact) mass is 343 g/mol. The number of nitrogens with one attached hydrogen (secondary N) is 1. The van der Waals surface area contributed by atoms with Crippen LogP contribution in [-0.2, 0) is 9.59 Å². The SMILES string of the molecule is N#Cc1ccnc(NC2CCC(N3C(=O)CCC3=O)CC2)c1[N+](=O)[O-]. The Kier molecular flexibility index (Phi) is 4.61. The average molecular weight is 343 g/mol. The first-order valence-corrected chi connectivity index (χ1v) is 8.16. The Labute approximate surface area is 143 Å². The minimum Gasteiger partial charge on any atom is -0.362 e. The molecule has 0 radical (unpaired) electrons. The predicted molar refractivity (Wildman–Crippen MR) is 86.4 cm³/mol. The van der Waals surface area contributed by atoms with Gasteiger partial charge in [-0.1, -0.05) is 0 Å². The lowest BCUT2D eigenvalue weighted by Gasteiger charge is -2.33. The van der Waals surface area contributed by atoms with Gasteiger partial charge in [-0.2, -0.15) is 5.26 Å². The van der Waals surface area contributed by atoms with Gasteiger partial charge in [0.15, 0.2) is 0 Å². The zero-order chi connectivity index (χ0) is 18.0. The number of imide groups is 1. The molecule has 0 bridgehead atoms. The van der Waals surface area contributed by atoms with Crippen LogP contribution in [0.3, 0.4) is 0 Å². The summed E-state index contributed by atoms with van der Waals surface area (Å²) in [5, 5.41) is 23.3. The fourth-order valence-electron chi connectivity index (χ4n) is 3.51. The molecule has 1 aliphatic heterocycles. The molecule has 0 atom stereocenters. The van der Waals surface area contributed by atoms with Crippen LogP contribution in [0.25, 0.3) is 0 Å². The Hall–Kier alpha value is -3.02. The van der Waals surface area contributed by atoms with E-state index in [0.29, 0.717) is 25.7 Å². The summed E-state index contributed by atoms with van der Waals surface area (Å²) in [6.07, 6.45) is 4.57. The first kappa shape index (κ1) is 16.8. The molecule has 1 aromatic heterocycles. The van der Waals surface area contributed by atoms with Gasteiger partial charge in [-0.3, -0.25) is 24.6 Å². The minimum atomic E-state index is -0.610. The van der Waals surface area contributed by atoms with E-state index in [1.807, 2.05) is 0 Å². The molecule has 0 spiro atoms. The lowest BCUT2D eigenvalue weighted by atomic mass is 9.90. The van der Waals surface area contributed by atoms with Crippen molar-refractivity contribution >= 4 is 23.3 Å². The molecule has 1 aliphatic carbocycles. The van der Waals surface area contributed by atoms with Gasteiger partial charge in [-0.15, -0.1) is 0 Å². The van der Waals surface area contributed by atoms with Crippen LogP contribution in [0.2, 0.25) is 0 Å². The first-order chi connectivity index (χ1) is 12.0. The number of anilines is 1. The summed E-state index contributed by atoms with van der Waals surface area (Å²) >= 11 is 0. The van der Waals surface area contributed by atoms with Crippen LogP contribution in [0.4, 0.5) is 11.5 Å². The lowest BCUT2D eigenvalue weighted by Crippen LogP contribution is -2.43. The Balaban J connectivity index is 1.67. The summed E-state index contributed by atoms with van der Waals surface area (Å²) in [7, 11) is 0. The standard InChI is InChI=1S/C16H17N5O4/c17-9-10-7-8-18-16(15(10)21(24)25)19-11-1-3-12(4-2-11)20-13(22)5-6-14(20)23/h7-8,11-12H,1-6H2,(H,18,19). The highest BCUT2D eigenvalue weighted by atomic mass is 16.6. The molecule has 9 heteroatoms. The van der Waals surface area contributed by atoms with Gasteiger partial charge in [0.25, 0.3) is 0 Å². The van der Waals surface area contributed by atoms with E-state index in [1.165, 1.54) is 17.2 Å². The second kappa shape index (κ2) is 6.84. The fourth-order valence-corrected chi connectivity index (χ4v) is 3.51. The molecule has 0 aromatic carbocycles. The Morgan fingerprint density at radius 2 is 1.88 bits per heavy atom. The Bertz CT molecular complexity index is 748. The van der Waals surface area contributed by atoms with Crippen molar-refractivity contribution in [3.63, 3.8) is 0 Å². The molecule has 3 rings (SSSR count). The second-order valence-electron chi connectivity index (χ2n) is 6.23. The van der Waals surface area contributed by atoms with E-state index >= 15 is 0 Å². The van der Waals surface area contributed by atoms with Crippen molar-refractivity contribution in [1.82, 2.24) is 9.88 Å². The van der Waals surface area contributed by atoms with Gasteiger partial charge in [-0.25, -0.2) is 4.98 Å². The summed E-state index contributed by atoms with van der Waals surface area (Å²) in [5.74, 6) is -0.137. The molecule has 1 saturated carbocycles. The fraction of sp³-hybridized carbons (Fsp3) is 0.500. The average Bonchev–Trinajstić information content (AvgIpc) is 2.94. The highest BCUT2D eigenvalue weighted by Gasteiger charge is 2.37. The molecular formula is C16H17N5O4. The van der Waals surface area contributed by atoms with E-state index in [9.17, 15) is 19.7 Å². The second-order valence-corrected chi connectivity index (χ2v) is 6.23. The van der Waals surface area contributed by atoms with Crippen molar-refractivity contribution in [2.45, 2.75) is 50.6 Å². The van der Waals surface area contributed by atoms with E-state index in [1.54, 1.807) is 6.07 Å². The van der Waals surface area contributed by atoms with Gasteiger partial charge in [0.1, 0.15) is 11.6 Å². The molecule has 25 heavy (non-hydrogen) atoms. The number of hydrogen-bond donors (Lipinski definition) is 1. The molecule has 130 valence electrons. The molecule has 2 heterocycles.